The van der Waals surface area contributed by atoms with Gasteiger partial charge >= 0.3 is 11.7 Å². The Labute approximate surface area is 211 Å². The molecule has 190 valence electrons. The van der Waals surface area contributed by atoms with Gasteiger partial charge in [0.2, 0.25) is 0 Å². The summed E-state index contributed by atoms with van der Waals surface area (Å²) in [6.45, 7) is -0.601. The topological polar surface area (TPSA) is 138 Å². The first-order valence-corrected chi connectivity index (χ1v) is 11.6. The molecule has 5 rings (SSSR count). The van der Waals surface area contributed by atoms with Gasteiger partial charge < -0.3 is 18.3 Å². The summed E-state index contributed by atoms with van der Waals surface area (Å²) in [4.78, 5) is 36.5. The van der Waals surface area contributed by atoms with Crippen LogP contribution in [-0.4, -0.2) is 41.2 Å². The summed E-state index contributed by atoms with van der Waals surface area (Å²) in [5, 5.41) is 17.2. The highest BCUT2D eigenvalue weighted by Crippen LogP contribution is 2.44. The van der Waals surface area contributed by atoms with Crippen LogP contribution in [0.5, 0.6) is 5.75 Å². The van der Waals surface area contributed by atoms with Gasteiger partial charge in [-0.2, -0.15) is 5.10 Å². The second-order valence-electron chi connectivity index (χ2n) is 8.59. The Hall–Kier alpha value is -4.67. The number of methoxy groups -OCH3 is 1. The summed E-state index contributed by atoms with van der Waals surface area (Å²) >= 11 is 0. The molecule has 0 radical (unpaired) electrons. The molecular formula is C26H23N3O8. The lowest BCUT2D eigenvalue weighted by molar-refractivity contribution is -0.385. The van der Waals surface area contributed by atoms with Crippen molar-refractivity contribution in [1.29, 1.82) is 0 Å². The highest BCUT2D eigenvalue weighted by molar-refractivity contribution is 6.08. The van der Waals surface area contributed by atoms with E-state index in [2.05, 4.69) is 5.10 Å². The van der Waals surface area contributed by atoms with Crippen molar-refractivity contribution in [3.05, 3.63) is 87.8 Å². The molecule has 2 atom stereocenters. The Morgan fingerprint density at radius 3 is 2.73 bits per heavy atom. The number of carbonyl (C=O) groups is 2. The van der Waals surface area contributed by atoms with Crippen LogP contribution in [0.1, 0.15) is 47.2 Å². The van der Waals surface area contributed by atoms with Gasteiger partial charge in [-0.15, -0.1) is 0 Å². The first-order chi connectivity index (χ1) is 18.0. The summed E-state index contributed by atoms with van der Waals surface area (Å²) < 4.78 is 21.3. The van der Waals surface area contributed by atoms with Crippen LogP contribution in [0, 0.1) is 16.0 Å². The largest absolute Gasteiger partial charge is 0.490 e. The summed E-state index contributed by atoms with van der Waals surface area (Å²) in [5.41, 5.74) is 1.29. The van der Waals surface area contributed by atoms with Gasteiger partial charge in [-0.3, -0.25) is 14.9 Å². The van der Waals surface area contributed by atoms with E-state index < -0.39 is 29.4 Å². The van der Waals surface area contributed by atoms with Gasteiger partial charge in [0.1, 0.15) is 17.6 Å². The third kappa shape index (κ3) is 4.75. The Morgan fingerprint density at radius 2 is 2.03 bits per heavy atom. The summed E-state index contributed by atoms with van der Waals surface area (Å²) in [5.74, 6) is -0.236. The number of hydrogen-bond donors (Lipinski definition) is 0. The number of hydrazone groups is 1. The highest BCUT2D eigenvalue weighted by Gasteiger charge is 2.45. The van der Waals surface area contributed by atoms with Crippen LogP contribution in [0.4, 0.5) is 5.69 Å². The molecule has 1 aliphatic heterocycles. The number of hydrogen-bond acceptors (Lipinski definition) is 9. The van der Waals surface area contributed by atoms with Gasteiger partial charge in [0.05, 0.1) is 35.8 Å². The molecule has 2 aromatic heterocycles. The molecule has 1 saturated carbocycles. The Bertz CT molecular complexity index is 1370. The second kappa shape index (κ2) is 10.1. The maximum Gasteiger partial charge on any atom is 0.338 e. The van der Waals surface area contributed by atoms with E-state index in [1.54, 1.807) is 24.5 Å². The molecule has 0 spiro atoms. The normalized spacial score (nSPS) is 19.9. The van der Waals surface area contributed by atoms with Gasteiger partial charge in [0.25, 0.3) is 5.91 Å². The van der Waals surface area contributed by atoms with Crippen molar-refractivity contribution < 1.29 is 32.8 Å². The lowest BCUT2D eigenvalue weighted by atomic mass is 9.79. The number of nitro groups is 1. The smallest absolute Gasteiger partial charge is 0.338 e. The van der Waals surface area contributed by atoms with E-state index in [4.69, 9.17) is 18.3 Å². The lowest BCUT2D eigenvalue weighted by Crippen LogP contribution is -2.34. The molecule has 0 saturated heterocycles. The first kappa shape index (κ1) is 24.0. The number of nitro benzene ring substituents is 1. The van der Waals surface area contributed by atoms with Crippen LogP contribution in [0.15, 0.2) is 74.5 Å². The fourth-order valence-corrected chi connectivity index (χ4v) is 4.73. The maximum absolute atomic E-state index is 13.3. The molecule has 3 aromatic rings. The SMILES string of the molecule is COc1ccc(C(=O)OCC(=O)N2N=C3/C(=C\c4ccco4)CCC[C@@H]3[C@H]2c2ccco2)cc1[N+](=O)[O-]. The van der Waals surface area contributed by atoms with Crippen LogP contribution in [0.2, 0.25) is 0 Å². The predicted molar refractivity (Wildman–Crippen MR) is 130 cm³/mol. The van der Waals surface area contributed by atoms with Crippen LogP contribution in [0.25, 0.3) is 6.08 Å². The third-order valence-electron chi connectivity index (χ3n) is 6.39. The molecule has 3 heterocycles. The molecule has 37 heavy (non-hydrogen) atoms. The number of benzene rings is 1. The van der Waals surface area contributed by atoms with Crippen molar-refractivity contribution in [1.82, 2.24) is 5.01 Å². The van der Waals surface area contributed by atoms with E-state index in [0.717, 1.165) is 36.6 Å². The third-order valence-corrected chi connectivity index (χ3v) is 6.39. The van der Waals surface area contributed by atoms with Crippen molar-refractivity contribution in [2.24, 2.45) is 11.0 Å². The summed E-state index contributed by atoms with van der Waals surface area (Å²) in [7, 11) is 1.29. The number of carbonyl (C=O) groups excluding carboxylic acids is 2. The van der Waals surface area contributed by atoms with Gasteiger partial charge in [-0.1, -0.05) is 0 Å². The van der Waals surface area contributed by atoms with Crippen molar-refractivity contribution in [3.8, 4) is 5.75 Å². The molecule has 0 bridgehead atoms. The molecule has 0 N–H and O–H groups in total. The minimum absolute atomic E-state index is 0.00724. The molecule has 1 fully saturated rings. The monoisotopic (exact) mass is 505 g/mol. The zero-order valence-corrected chi connectivity index (χ0v) is 19.9. The molecule has 2 aliphatic rings. The van der Waals surface area contributed by atoms with E-state index in [9.17, 15) is 19.7 Å². The van der Waals surface area contributed by atoms with Crippen LogP contribution < -0.4 is 4.74 Å². The number of furan rings is 2. The highest BCUT2D eigenvalue weighted by atomic mass is 16.6. The number of ether oxygens (including phenoxy) is 2. The minimum atomic E-state index is -0.878. The number of esters is 1. The Balaban J connectivity index is 1.37. The second-order valence-corrected chi connectivity index (χ2v) is 8.59. The number of rotatable bonds is 7. The molecule has 1 aromatic carbocycles. The first-order valence-electron chi connectivity index (χ1n) is 11.6. The van der Waals surface area contributed by atoms with Crippen molar-refractivity contribution in [3.63, 3.8) is 0 Å². The van der Waals surface area contributed by atoms with Crippen LogP contribution in [0.3, 0.4) is 0 Å². The van der Waals surface area contributed by atoms with E-state index in [1.807, 2.05) is 12.1 Å². The fourth-order valence-electron chi connectivity index (χ4n) is 4.73. The van der Waals surface area contributed by atoms with E-state index in [1.165, 1.54) is 30.5 Å². The Morgan fingerprint density at radius 1 is 1.22 bits per heavy atom. The van der Waals surface area contributed by atoms with Crippen molar-refractivity contribution in [2.75, 3.05) is 13.7 Å². The number of fused-ring (bicyclic) bond motifs is 1. The molecule has 1 amide bonds. The van der Waals surface area contributed by atoms with Gasteiger partial charge in [0.15, 0.2) is 12.4 Å². The molecule has 1 aliphatic carbocycles. The van der Waals surface area contributed by atoms with E-state index in [-0.39, 0.29) is 22.9 Å². The lowest BCUT2D eigenvalue weighted by Gasteiger charge is -2.27. The predicted octanol–water partition coefficient (Wildman–Crippen LogP) is 4.77. The Kier molecular flexibility index (Phi) is 6.59. The van der Waals surface area contributed by atoms with Gasteiger partial charge in [0, 0.05) is 12.0 Å². The van der Waals surface area contributed by atoms with Crippen molar-refractivity contribution >= 4 is 29.4 Å². The van der Waals surface area contributed by atoms with E-state index in [0.29, 0.717) is 11.5 Å². The zero-order chi connectivity index (χ0) is 25.9. The average Bonchev–Trinajstić information content (AvgIpc) is 3.68. The number of amides is 1. The van der Waals surface area contributed by atoms with Crippen molar-refractivity contribution in [2.45, 2.75) is 25.3 Å². The molecule has 11 heteroatoms. The van der Waals surface area contributed by atoms with Gasteiger partial charge in [-0.05, 0) is 67.3 Å². The van der Waals surface area contributed by atoms with Crippen LogP contribution >= 0.6 is 0 Å². The molecule has 11 nitrogen and oxygen atoms in total. The summed E-state index contributed by atoms with van der Waals surface area (Å²) in [6, 6.07) is 10.4. The minimum Gasteiger partial charge on any atom is -0.490 e. The maximum atomic E-state index is 13.3. The zero-order valence-electron chi connectivity index (χ0n) is 19.9. The average molecular weight is 505 g/mol. The van der Waals surface area contributed by atoms with Gasteiger partial charge in [-0.25, -0.2) is 9.80 Å². The molecular weight excluding hydrogens is 482 g/mol. The summed E-state index contributed by atoms with van der Waals surface area (Å²) in [6.07, 6.45) is 7.55. The molecule has 0 unspecified atom stereocenters. The van der Waals surface area contributed by atoms with E-state index >= 15 is 0 Å². The fraction of sp³-hybridized carbons (Fsp3) is 0.269. The number of nitrogens with zero attached hydrogens (tertiary/aromatic N) is 3. The number of allylic oxidation sites excluding steroid dienone is 1. The standard InChI is InChI=1S/C26H23N3O8/c1-34-21-10-9-17(14-20(21)29(32)33)26(31)37-15-23(30)28-25(22-8-4-12-36-22)19-7-2-5-16(24(19)27-28)13-18-6-3-11-35-18/h3-4,6,8-14,19,25H,2,5,7,15H2,1H3/b16-13-/t19-,25-/m0/s1. The quantitative estimate of drug-likeness (QED) is 0.254. The van der Waals surface area contributed by atoms with Crippen LogP contribution in [-0.2, 0) is 9.53 Å².